The number of carbonyl (C=O) groups is 3. The highest BCUT2D eigenvalue weighted by molar-refractivity contribution is 6.08. The van der Waals surface area contributed by atoms with Crippen molar-refractivity contribution in [3.63, 3.8) is 0 Å². The number of aromatic carboxylic acids is 1. The topological polar surface area (TPSA) is 102 Å². The minimum absolute atomic E-state index is 0.0738. The highest BCUT2D eigenvalue weighted by Crippen LogP contribution is 2.27. The fourth-order valence-electron chi connectivity index (χ4n) is 2.54. The maximum absolute atomic E-state index is 12.5. The molecule has 0 spiro atoms. The lowest BCUT2D eigenvalue weighted by atomic mass is 10.1. The number of para-hydroxylation sites is 1. The van der Waals surface area contributed by atoms with Gasteiger partial charge in [0.15, 0.2) is 0 Å². The van der Waals surface area contributed by atoms with Gasteiger partial charge in [0.2, 0.25) is 0 Å². The Hall–Kier alpha value is -4.13. The van der Waals surface area contributed by atoms with Crippen LogP contribution in [0.1, 0.15) is 27.6 Å². The van der Waals surface area contributed by atoms with Crippen molar-refractivity contribution in [2.45, 2.75) is 6.92 Å². The lowest BCUT2D eigenvalue weighted by molar-refractivity contribution is -0.131. The van der Waals surface area contributed by atoms with Crippen LogP contribution >= 0.6 is 0 Å². The SMILES string of the molecule is CC(=O)Oc1ccc(C(=O)Nc2cc(Oc3ccccc3)ccc2C(=O)O)cc1. The van der Waals surface area contributed by atoms with Crippen molar-refractivity contribution >= 4 is 23.5 Å². The fourth-order valence-corrected chi connectivity index (χ4v) is 2.54. The normalized spacial score (nSPS) is 10.1. The maximum Gasteiger partial charge on any atom is 0.337 e. The molecule has 0 bridgehead atoms. The minimum Gasteiger partial charge on any atom is -0.478 e. The number of hydrogen-bond acceptors (Lipinski definition) is 5. The first-order valence-corrected chi connectivity index (χ1v) is 8.62. The molecule has 146 valence electrons. The molecule has 0 saturated carbocycles. The number of amides is 1. The summed E-state index contributed by atoms with van der Waals surface area (Å²) >= 11 is 0. The monoisotopic (exact) mass is 391 g/mol. The molecule has 0 aliphatic rings. The molecule has 7 nitrogen and oxygen atoms in total. The predicted molar refractivity (Wildman–Crippen MR) is 106 cm³/mol. The molecule has 3 aromatic carbocycles. The van der Waals surface area contributed by atoms with Crippen molar-refractivity contribution in [1.29, 1.82) is 0 Å². The Balaban J connectivity index is 1.82. The second-order valence-corrected chi connectivity index (χ2v) is 6.00. The predicted octanol–water partition coefficient (Wildman–Crippen LogP) is 4.35. The standard InChI is InChI=1S/C22H17NO6/c1-14(24)28-17-9-7-15(8-10-17)21(25)23-20-13-18(11-12-19(20)22(26)27)29-16-5-3-2-4-6-16/h2-13H,1H3,(H,23,25)(H,26,27). The van der Waals surface area contributed by atoms with E-state index in [4.69, 9.17) is 9.47 Å². The first kappa shape index (κ1) is 19.6. The Morgan fingerprint density at radius 3 is 2.10 bits per heavy atom. The first-order chi connectivity index (χ1) is 13.9. The van der Waals surface area contributed by atoms with Gasteiger partial charge in [0.25, 0.3) is 5.91 Å². The van der Waals surface area contributed by atoms with E-state index in [2.05, 4.69) is 5.32 Å². The first-order valence-electron chi connectivity index (χ1n) is 8.62. The highest BCUT2D eigenvalue weighted by Gasteiger charge is 2.15. The van der Waals surface area contributed by atoms with Crippen molar-refractivity contribution < 1.29 is 29.0 Å². The highest BCUT2D eigenvalue weighted by atomic mass is 16.5. The van der Waals surface area contributed by atoms with Crippen LogP contribution < -0.4 is 14.8 Å². The average Bonchev–Trinajstić information content (AvgIpc) is 2.69. The number of carboxylic acid groups (broad SMARTS) is 1. The van der Waals surface area contributed by atoms with Crippen molar-refractivity contribution in [1.82, 2.24) is 0 Å². The lowest BCUT2D eigenvalue weighted by Gasteiger charge is -2.12. The summed E-state index contributed by atoms with van der Waals surface area (Å²) in [7, 11) is 0. The molecule has 3 aromatic rings. The smallest absolute Gasteiger partial charge is 0.337 e. The van der Waals surface area contributed by atoms with Gasteiger partial charge in [0.05, 0.1) is 11.3 Å². The molecule has 1 amide bonds. The van der Waals surface area contributed by atoms with Gasteiger partial charge in [-0.1, -0.05) is 18.2 Å². The fraction of sp³-hybridized carbons (Fsp3) is 0.0455. The zero-order valence-electron chi connectivity index (χ0n) is 15.4. The van der Waals surface area contributed by atoms with Gasteiger partial charge in [0.1, 0.15) is 17.2 Å². The van der Waals surface area contributed by atoms with E-state index in [-0.39, 0.29) is 16.8 Å². The zero-order valence-corrected chi connectivity index (χ0v) is 15.4. The van der Waals surface area contributed by atoms with Crippen LogP contribution in [0.2, 0.25) is 0 Å². The Kier molecular flexibility index (Phi) is 5.89. The second-order valence-electron chi connectivity index (χ2n) is 6.00. The van der Waals surface area contributed by atoms with E-state index in [1.807, 2.05) is 18.2 Å². The zero-order chi connectivity index (χ0) is 20.8. The summed E-state index contributed by atoms with van der Waals surface area (Å²) in [5.74, 6) is -0.909. The number of rotatable bonds is 6. The number of nitrogens with one attached hydrogen (secondary N) is 1. The van der Waals surface area contributed by atoms with Gasteiger partial charge in [0, 0.05) is 18.6 Å². The van der Waals surface area contributed by atoms with Crippen molar-refractivity contribution in [3.8, 4) is 17.2 Å². The largest absolute Gasteiger partial charge is 0.478 e. The van der Waals surface area contributed by atoms with E-state index < -0.39 is 17.8 Å². The Labute approximate surface area is 166 Å². The van der Waals surface area contributed by atoms with Crippen molar-refractivity contribution in [2.24, 2.45) is 0 Å². The summed E-state index contributed by atoms with van der Waals surface area (Å²) in [5, 5.41) is 12.0. The molecule has 0 aliphatic carbocycles. The molecular weight excluding hydrogens is 374 g/mol. The summed E-state index contributed by atoms with van der Waals surface area (Å²) in [5.41, 5.74) is 0.293. The van der Waals surface area contributed by atoms with Crippen LogP contribution in [0.15, 0.2) is 72.8 Å². The third-order valence-electron chi connectivity index (χ3n) is 3.83. The summed E-state index contributed by atoms with van der Waals surface area (Å²) in [4.78, 5) is 35.0. The number of ether oxygens (including phenoxy) is 2. The molecule has 7 heteroatoms. The van der Waals surface area contributed by atoms with Crippen LogP contribution in [0.3, 0.4) is 0 Å². The molecule has 0 radical (unpaired) electrons. The molecule has 3 rings (SSSR count). The molecule has 0 heterocycles. The Bertz CT molecular complexity index is 1040. The summed E-state index contributed by atoms with van der Waals surface area (Å²) < 4.78 is 10.6. The molecule has 0 atom stereocenters. The van der Waals surface area contributed by atoms with Gasteiger partial charge in [-0.15, -0.1) is 0 Å². The average molecular weight is 391 g/mol. The van der Waals surface area contributed by atoms with E-state index >= 15 is 0 Å². The van der Waals surface area contributed by atoms with E-state index in [0.717, 1.165) is 0 Å². The summed E-state index contributed by atoms with van der Waals surface area (Å²) in [6, 6.07) is 19.2. The number of benzene rings is 3. The van der Waals surface area contributed by atoms with Crippen LogP contribution in [0.25, 0.3) is 0 Å². The van der Waals surface area contributed by atoms with E-state index in [1.165, 1.54) is 49.4 Å². The molecule has 0 aliphatic heterocycles. The third kappa shape index (κ3) is 5.20. The second kappa shape index (κ2) is 8.71. The number of anilines is 1. The Morgan fingerprint density at radius 1 is 0.828 bits per heavy atom. The van der Waals surface area contributed by atoms with Crippen molar-refractivity contribution in [2.75, 3.05) is 5.32 Å². The van der Waals surface area contributed by atoms with Gasteiger partial charge >= 0.3 is 11.9 Å². The number of esters is 1. The molecule has 0 aromatic heterocycles. The van der Waals surface area contributed by atoms with Gasteiger partial charge in [-0.2, -0.15) is 0 Å². The van der Waals surface area contributed by atoms with Crippen LogP contribution in [0.4, 0.5) is 5.69 Å². The molecular formula is C22H17NO6. The van der Waals surface area contributed by atoms with Crippen LogP contribution in [0, 0.1) is 0 Å². The van der Waals surface area contributed by atoms with Crippen LogP contribution in [0.5, 0.6) is 17.2 Å². The third-order valence-corrected chi connectivity index (χ3v) is 3.83. The Morgan fingerprint density at radius 2 is 1.48 bits per heavy atom. The minimum atomic E-state index is -1.18. The molecule has 2 N–H and O–H groups in total. The van der Waals surface area contributed by atoms with Gasteiger partial charge < -0.3 is 19.9 Å². The number of carboxylic acids is 1. The van der Waals surface area contributed by atoms with E-state index in [0.29, 0.717) is 17.2 Å². The quantitative estimate of drug-likeness (QED) is 0.478. The molecule has 29 heavy (non-hydrogen) atoms. The molecule has 0 unspecified atom stereocenters. The maximum atomic E-state index is 12.5. The van der Waals surface area contributed by atoms with E-state index in [9.17, 15) is 19.5 Å². The molecule has 0 saturated heterocycles. The number of hydrogen-bond donors (Lipinski definition) is 2. The van der Waals surface area contributed by atoms with Gasteiger partial charge in [-0.3, -0.25) is 9.59 Å². The van der Waals surface area contributed by atoms with Crippen molar-refractivity contribution in [3.05, 3.63) is 83.9 Å². The van der Waals surface area contributed by atoms with Crippen LogP contribution in [-0.2, 0) is 4.79 Å². The van der Waals surface area contributed by atoms with Crippen LogP contribution in [-0.4, -0.2) is 23.0 Å². The van der Waals surface area contributed by atoms with E-state index in [1.54, 1.807) is 12.1 Å². The summed E-state index contributed by atoms with van der Waals surface area (Å²) in [6.45, 7) is 1.28. The van der Waals surface area contributed by atoms with Gasteiger partial charge in [-0.25, -0.2) is 4.79 Å². The summed E-state index contributed by atoms with van der Waals surface area (Å²) in [6.07, 6.45) is 0. The lowest BCUT2D eigenvalue weighted by Crippen LogP contribution is -2.15. The number of carbonyl (C=O) groups excluding carboxylic acids is 2. The van der Waals surface area contributed by atoms with Gasteiger partial charge in [-0.05, 0) is 48.5 Å². The molecule has 0 fully saturated rings.